The van der Waals surface area contributed by atoms with Crippen LogP contribution in [0.1, 0.15) is 31.2 Å². The minimum atomic E-state index is -3.57. The molecule has 2 aliphatic rings. The molecule has 0 fully saturated rings. The first-order valence-corrected chi connectivity index (χ1v) is 14.1. The molecule has 0 radical (unpaired) electrons. The lowest BCUT2D eigenvalue weighted by Crippen LogP contribution is -2.41. The van der Waals surface area contributed by atoms with E-state index in [1.807, 2.05) is 6.07 Å². The Bertz CT molecular complexity index is 1310. The van der Waals surface area contributed by atoms with E-state index in [1.165, 1.54) is 26.8 Å². The summed E-state index contributed by atoms with van der Waals surface area (Å²) in [6.07, 6.45) is 0.885. The predicted octanol–water partition coefficient (Wildman–Crippen LogP) is 2.64. The average Bonchev–Trinajstić information content (AvgIpc) is 3.31. The van der Waals surface area contributed by atoms with E-state index in [1.54, 1.807) is 36.4 Å². The van der Waals surface area contributed by atoms with E-state index in [-0.39, 0.29) is 23.9 Å². The summed E-state index contributed by atoms with van der Waals surface area (Å²) in [5.74, 6) is -0.232. The minimum Gasteiger partial charge on any atom is -0.390 e. The van der Waals surface area contributed by atoms with Crippen molar-refractivity contribution in [2.45, 2.75) is 36.9 Å². The maximum Gasteiger partial charge on any atom is 0.261 e. The number of hydrogen-bond donors (Lipinski definition) is 2. The van der Waals surface area contributed by atoms with E-state index in [0.29, 0.717) is 24.4 Å². The Hall–Kier alpha value is -2.56. The number of nitrogens with one attached hydrogen (secondary N) is 1. The monoisotopic (exact) mass is 511 g/mol. The summed E-state index contributed by atoms with van der Waals surface area (Å²) in [5, 5.41) is 13.4. The average molecular weight is 512 g/mol. The van der Waals surface area contributed by atoms with Crippen molar-refractivity contribution in [3.05, 3.63) is 87.1 Å². The Morgan fingerprint density at radius 2 is 1.71 bits per heavy atom. The predicted molar refractivity (Wildman–Crippen MR) is 136 cm³/mol. The van der Waals surface area contributed by atoms with Crippen molar-refractivity contribution in [1.82, 2.24) is 14.5 Å². The maximum atomic E-state index is 13.0. The van der Waals surface area contributed by atoms with Crippen LogP contribution in [-0.4, -0.2) is 60.9 Å². The van der Waals surface area contributed by atoms with E-state index in [9.17, 15) is 18.3 Å². The second-order valence-electron chi connectivity index (χ2n) is 9.08. The SMILES string of the molecule is O=C(NC[C@@H](O)CN1CCc2ccccc2C1)c1cc2c(s1)CCN(S(=O)(=O)c1ccccc1)C2. The largest absolute Gasteiger partial charge is 0.390 e. The number of β-amino-alcohol motifs (C(OH)–C–C–N with tert-alkyl or cyclic N) is 1. The third kappa shape index (κ3) is 5.34. The van der Waals surface area contributed by atoms with Gasteiger partial charge in [0.1, 0.15) is 0 Å². The number of nitrogens with zero attached hydrogens (tertiary/aromatic N) is 2. The molecule has 2 aromatic carbocycles. The molecule has 0 aliphatic carbocycles. The number of fused-ring (bicyclic) bond motifs is 2. The maximum absolute atomic E-state index is 13.0. The quantitative estimate of drug-likeness (QED) is 0.509. The van der Waals surface area contributed by atoms with Crippen molar-refractivity contribution in [3.8, 4) is 0 Å². The number of carbonyl (C=O) groups is 1. The van der Waals surface area contributed by atoms with E-state index < -0.39 is 16.1 Å². The van der Waals surface area contributed by atoms with Crippen LogP contribution in [0.15, 0.2) is 65.6 Å². The summed E-state index contributed by atoms with van der Waals surface area (Å²) in [7, 11) is -3.57. The van der Waals surface area contributed by atoms with Gasteiger partial charge in [-0.1, -0.05) is 42.5 Å². The number of hydrogen-bond acceptors (Lipinski definition) is 6. The molecule has 1 amide bonds. The van der Waals surface area contributed by atoms with Crippen molar-refractivity contribution in [3.63, 3.8) is 0 Å². The lowest BCUT2D eigenvalue weighted by molar-refractivity contribution is 0.0845. The van der Waals surface area contributed by atoms with Crippen molar-refractivity contribution in [1.29, 1.82) is 0 Å². The van der Waals surface area contributed by atoms with Gasteiger partial charge in [0, 0.05) is 44.1 Å². The fraction of sp³-hybridized carbons (Fsp3) is 0.346. The van der Waals surface area contributed by atoms with Gasteiger partial charge in [-0.3, -0.25) is 9.69 Å². The van der Waals surface area contributed by atoms with Crippen molar-refractivity contribution >= 4 is 27.3 Å². The topological polar surface area (TPSA) is 89.9 Å². The van der Waals surface area contributed by atoms with Gasteiger partial charge in [-0.2, -0.15) is 4.31 Å². The summed E-state index contributed by atoms with van der Waals surface area (Å²) in [5.41, 5.74) is 3.53. The van der Waals surface area contributed by atoms with Gasteiger partial charge in [-0.15, -0.1) is 11.3 Å². The fourth-order valence-corrected chi connectivity index (χ4v) is 7.26. The molecule has 1 atom stereocenters. The summed E-state index contributed by atoms with van der Waals surface area (Å²) < 4.78 is 27.4. The Labute approximate surface area is 210 Å². The molecule has 0 bridgehead atoms. The molecule has 2 N–H and O–H groups in total. The van der Waals surface area contributed by atoms with Crippen LogP contribution in [0.3, 0.4) is 0 Å². The number of benzene rings is 2. The van der Waals surface area contributed by atoms with Gasteiger partial charge in [0.15, 0.2) is 0 Å². The molecule has 5 rings (SSSR count). The van der Waals surface area contributed by atoms with Gasteiger partial charge >= 0.3 is 0 Å². The number of carbonyl (C=O) groups excluding carboxylic acids is 1. The first kappa shape index (κ1) is 24.1. The van der Waals surface area contributed by atoms with Gasteiger partial charge in [-0.05, 0) is 47.7 Å². The molecule has 0 saturated carbocycles. The molecule has 184 valence electrons. The first-order valence-electron chi connectivity index (χ1n) is 11.8. The van der Waals surface area contributed by atoms with Crippen LogP contribution in [0.25, 0.3) is 0 Å². The van der Waals surface area contributed by atoms with Crippen LogP contribution in [0.4, 0.5) is 0 Å². The Morgan fingerprint density at radius 3 is 2.51 bits per heavy atom. The van der Waals surface area contributed by atoms with E-state index in [0.717, 1.165) is 30.0 Å². The van der Waals surface area contributed by atoms with Gasteiger partial charge in [0.25, 0.3) is 5.91 Å². The summed E-state index contributed by atoms with van der Waals surface area (Å²) in [4.78, 5) is 16.9. The molecule has 1 aromatic heterocycles. The first-order chi connectivity index (χ1) is 16.9. The molecule has 0 saturated heterocycles. The third-order valence-corrected chi connectivity index (χ3v) is 9.71. The van der Waals surface area contributed by atoms with Crippen LogP contribution < -0.4 is 5.32 Å². The second kappa shape index (κ2) is 10.2. The van der Waals surface area contributed by atoms with Crippen LogP contribution in [0.5, 0.6) is 0 Å². The van der Waals surface area contributed by atoms with Crippen molar-refractivity contribution in [2.24, 2.45) is 0 Å². The molecular formula is C26H29N3O4S2. The van der Waals surface area contributed by atoms with Gasteiger partial charge in [-0.25, -0.2) is 8.42 Å². The lowest BCUT2D eigenvalue weighted by Gasteiger charge is -2.30. The smallest absolute Gasteiger partial charge is 0.261 e. The highest BCUT2D eigenvalue weighted by atomic mass is 32.2. The number of aliphatic hydroxyl groups is 1. The van der Waals surface area contributed by atoms with Crippen LogP contribution in [0.2, 0.25) is 0 Å². The second-order valence-corrected chi connectivity index (χ2v) is 12.2. The van der Waals surface area contributed by atoms with E-state index >= 15 is 0 Å². The van der Waals surface area contributed by atoms with Crippen LogP contribution in [0, 0.1) is 0 Å². The standard InChI is InChI=1S/C26H29N3O4S2/c30-22(18-28-12-10-19-6-4-5-7-20(19)16-28)15-27-26(31)25-14-21-17-29(13-11-24(21)34-25)35(32,33)23-8-2-1-3-9-23/h1-9,14,22,30H,10-13,15-18H2,(H,27,31)/t22-/m1/s1. The van der Waals surface area contributed by atoms with Crippen LogP contribution in [-0.2, 0) is 36.0 Å². The highest BCUT2D eigenvalue weighted by Gasteiger charge is 2.30. The molecule has 3 heterocycles. The number of amides is 1. The zero-order chi connectivity index (χ0) is 24.4. The Kier molecular flexibility index (Phi) is 7.04. The molecule has 35 heavy (non-hydrogen) atoms. The van der Waals surface area contributed by atoms with E-state index in [4.69, 9.17) is 0 Å². The highest BCUT2D eigenvalue weighted by Crippen LogP contribution is 2.31. The highest BCUT2D eigenvalue weighted by molar-refractivity contribution is 7.89. The molecule has 0 spiro atoms. The molecule has 0 unspecified atom stereocenters. The molecule has 9 heteroatoms. The number of sulfonamides is 1. The van der Waals surface area contributed by atoms with Gasteiger partial charge < -0.3 is 10.4 Å². The van der Waals surface area contributed by atoms with Gasteiger partial charge in [0.05, 0.1) is 15.9 Å². The van der Waals surface area contributed by atoms with Crippen molar-refractivity contribution in [2.75, 3.05) is 26.2 Å². The van der Waals surface area contributed by atoms with Crippen molar-refractivity contribution < 1.29 is 18.3 Å². The lowest BCUT2D eigenvalue weighted by atomic mass is 10.00. The zero-order valence-corrected chi connectivity index (χ0v) is 21.0. The Balaban J connectivity index is 1.16. The number of aliphatic hydroxyl groups excluding tert-OH is 1. The molecule has 7 nitrogen and oxygen atoms in total. The normalized spacial score (nSPS) is 17.4. The van der Waals surface area contributed by atoms with Crippen LogP contribution >= 0.6 is 11.3 Å². The molecule has 3 aromatic rings. The zero-order valence-electron chi connectivity index (χ0n) is 19.4. The summed E-state index contributed by atoms with van der Waals surface area (Å²) in [6.45, 7) is 3.03. The summed E-state index contributed by atoms with van der Waals surface area (Å²) >= 11 is 1.41. The summed E-state index contributed by atoms with van der Waals surface area (Å²) in [6, 6.07) is 18.6. The fourth-order valence-electron chi connectivity index (χ4n) is 4.74. The van der Waals surface area contributed by atoms with Gasteiger partial charge in [0.2, 0.25) is 10.0 Å². The van der Waals surface area contributed by atoms with E-state index in [2.05, 4.69) is 28.4 Å². The molecule has 2 aliphatic heterocycles. The molecular weight excluding hydrogens is 482 g/mol. The third-order valence-electron chi connectivity index (χ3n) is 6.61. The minimum absolute atomic E-state index is 0.175. The number of rotatable bonds is 7. The number of thiophene rings is 1. The Morgan fingerprint density at radius 1 is 0.971 bits per heavy atom.